The zero-order valence-electron chi connectivity index (χ0n) is 9.24. The lowest BCUT2D eigenvalue weighted by Crippen LogP contribution is -2.08. The van der Waals surface area contributed by atoms with E-state index in [1.165, 1.54) is 0 Å². The average Bonchev–Trinajstić information content (AvgIpc) is 2.38. The second-order valence-electron chi connectivity index (χ2n) is 3.73. The highest BCUT2D eigenvalue weighted by Crippen LogP contribution is 2.37. The van der Waals surface area contributed by atoms with Crippen LogP contribution in [0, 0.1) is 0 Å². The van der Waals surface area contributed by atoms with Gasteiger partial charge in [-0.2, -0.15) is 0 Å². The lowest BCUT2D eigenvalue weighted by atomic mass is 10.0. The Morgan fingerprint density at radius 3 is 2.06 bits per heavy atom. The summed E-state index contributed by atoms with van der Waals surface area (Å²) in [4.78, 5) is 11.7. The van der Waals surface area contributed by atoms with Gasteiger partial charge in [-0.1, -0.05) is 75.5 Å². The van der Waals surface area contributed by atoms with E-state index in [2.05, 4.69) is 15.9 Å². The van der Waals surface area contributed by atoms with E-state index in [0.717, 1.165) is 0 Å². The third kappa shape index (κ3) is 2.77. The molecule has 1 atom stereocenters. The Morgan fingerprint density at radius 1 is 0.944 bits per heavy atom. The van der Waals surface area contributed by atoms with Crippen LogP contribution in [0.25, 0.3) is 0 Å². The Labute approximate surface area is 124 Å². The third-order valence-electron chi connectivity index (χ3n) is 2.54. The van der Waals surface area contributed by atoms with Crippen molar-refractivity contribution in [3.8, 4) is 0 Å². The Balaban J connectivity index is 2.38. The average molecular weight is 344 g/mol. The number of halogens is 3. The fraction of sp³-hybridized carbons (Fsp3) is 0.0714. The number of benzene rings is 2. The number of Topliss-reactive ketones (excluding diaryl/α,β-unsaturated/α-hetero) is 1. The van der Waals surface area contributed by atoms with Crippen LogP contribution in [0.2, 0.25) is 10.0 Å². The Morgan fingerprint density at radius 2 is 1.50 bits per heavy atom. The van der Waals surface area contributed by atoms with Crippen molar-refractivity contribution in [2.45, 2.75) is 4.83 Å². The molecule has 0 aliphatic carbocycles. The van der Waals surface area contributed by atoms with Gasteiger partial charge in [-0.3, -0.25) is 4.79 Å². The molecule has 0 amide bonds. The molecule has 4 heteroatoms. The second-order valence-corrected chi connectivity index (χ2v) is 5.46. The first-order chi connectivity index (χ1) is 8.61. The molecule has 92 valence electrons. The van der Waals surface area contributed by atoms with Gasteiger partial charge in [-0.15, -0.1) is 0 Å². The summed E-state index contributed by atoms with van der Waals surface area (Å²) in [5, 5.41) is 0.960. The van der Waals surface area contributed by atoms with Crippen LogP contribution in [-0.2, 0) is 0 Å². The lowest BCUT2D eigenvalue weighted by molar-refractivity contribution is 0.0991. The molecule has 0 N–H and O–H groups in total. The van der Waals surface area contributed by atoms with E-state index in [1.54, 1.807) is 30.3 Å². The number of ketones is 1. The van der Waals surface area contributed by atoms with Crippen LogP contribution in [-0.4, -0.2) is 5.78 Å². The van der Waals surface area contributed by atoms with Gasteiger partial charge in [0.1, 0.15) is 4.83 Å². The van der Waals surface area contributed by atoms with E-state index in [0.29, 0.717) is 21.2 Å². The maximum atomic E-state index is 12.3. The van der Waals surface area contributed by atoms with Gasteiger partial charge >= 0.3 is 0 Å². The van der Waals surface area contributed by atoms with Crippen molar-refractivity contribution in [1.29, 1.82) is 0 Å². The number of rotatable bonds is 3. The second kappa shape index (κ2) is 5.87. The number of carbonyl (C=O) groups is 1. The van der Waals surface area contributed by atoms with Crippen molar-refractivity contribution in [1.82, 2.24) is 0 Å². The number of hydrogen-bond acceptors (Lipinski definition) is 1. The fourth-order valence-electron chi connectivity index (χ4n) is 1.63. The van der Waals surface area contributed by atoms with Crippen LogP contribution in [0.15, 0.2) is 48.5 Å². The number of alkyl halides is 1. The molecular weight excluding hydrogens is 335 g/mol. The van der Waals surface area contributed by atoms with E-state index < -0.39 is 4.83 Å². The molecule has 0 spiro atoms. The zero-order valence-corrected chi connectivity index (χ0v) is 12.3. The van der Waals surface area contributed by atoms with Crippen molar-refractivity contribution < 1.29 is 4.79 Å². The molecule has 2 aromatic rings. The van der Waals surface area contributed by atoms with Gasteiger partial charge in [-0.25, -0.2) is 0 Å². The van der Waals surface area contributed by atoms with E-state index in [9.17, 15) is 4.79 Å². The SMILES string of the molecule is O=C(c1ccccc1)C(Br)c1c(Cl)cccc1Cl. The molecule has 1 unspecified atom stereocenters. The van der Waals surface area contributed by atoms with Crippen LogP contribution in [0.1, 0.15) is 20.7 Å². The maximum absolute atomic E-state index is 12.3. The predicted octanol–water partition coefficient (Wildman–Crippen LogP) is 5.31. The van der Waals surface area contributed by atoms with Gasteiger partial charge in [0.15, 0.2) is 5.78 Å². The summed E-state index contributed by atoms with van der Waals surface area (Å²) in [6, 6.07) is 14.2. The highest BCUT2D eigenvalue weighted by molar-refractivity contribution is 9.09. The molecule has 0 heterocycles. The van der Waals surface area contributed by atoms with Gasteiger partial charge in [0.05, 0.1) is 0 Å². The highest BCUT2D eigenvalue weighted by Gasteiger charge is 2.23. The van der Waals surface area contributed by atoms with Crippen LogP contribution in [0.5, 0.6) is 0 Å². The summed E-state index contributed by atoms with van der Waals surface area (Å²) in [7, 11) is 0. The van der Waals surface area contributed by atoms with Crippen LogP contribution >= 0.6 is 39.1 Å². The highest BCUT2D eigenvalue weighted by atomic mass is 79.9. The van der Waals surface area contributed by atoms with Crippen molar-refractivity contribution in [3.63, 3.8) is 0 Å². The molecule has 18 heavy (non-hydrogen) atoms. The molecule has 0 saturated carbocycles. The topological polar surface area (TPSA) is 17.1 Å². The molecule has 0 aliphatic rings. The Hall–Kier alpha value is -0.830. The minimum Gasteiger partial charge on any atom is -0.293 e. The minimum absolute atomic E-state index is 0.0643. The van der Waals surface area contributed by atoms with Gasteiger partial charge in [0, 0.05) is 21.2 Å². The van der Waals surface area contributed by atoms with Crippen molar-refractivity contribution in [3.05, 3.63) is 69.7 Å². The first-order valence-corrected chi connectivity index (χ1v) is 6.95. The van der Waals surface area contributed by atoms with E-state index in [-0.39, 0.29) is 5.78 Å². The predicted molar refractivity (Wildman–Crippen MR) is 78.9 cm³/mol. The molecule has 2 rings (SSSR count). The van der Waals surface area contributed by atoms with Crippen LogP contribution in [0.3, 0.4) is 0 Å². The van der Waals surface area contributed by atoms with Gasteiger partial charge in [-0.05, 0) is 12.1 Å². The number of carbonyl (C=O) groups excluding carboxylic acids is 1. The van der Waals surface area contributed by atoms with Crippen molar-refractivity contribution in [2.24, 2.45) is 0 Å². The van der Waals surface area contributed by atoms with E-state index in [1.807, 2.05) is 18.2 Å². The summed E-state index contributed by atoms with van der Waals surface area (Å²) < 4.78 is 0. The van der Waals surface area contributed by atoms with Crippen LogP contribution < -0.4 is 0 Å². The molecule has 0 aromatic heterocycles. The lowest BCUT2D eigenvalue weighted by Gasteiger charge is -2.12. The van der Waals surface area contributed by atoms with E-state index in [4.69, 9.17) is 23.2 Å². The third-order valence-corrected chi connectivity index (χ3v) is 4.07. The largest absolute Gasteiger partial charge is 0.293 e. The number of hydrogen-bond donors (Lipinski definition) is 0. The summed E-state index contributed by atoms with van der Waals surface area (Å²) in [5.74, 6) is -0.0643. The fourth-order valence-corrected chi connectivity index (χ4v) is 3.27. The standard InChI is InChI=1S/C14H9BrCl2O/c15-13(12-10(16)7-4-8-11(12)17)14(18)9-5-2-1-3-6-9/h1-8,13H. The normalized spacial score (nSPS) is 12.2. The van der Waals surface area contributed by atoms with Gasteiger partial charge in [0.2, 0.25) is 0 Å². The molecule has 2 aromatic carbocycles. The Bertz CT molecular complexity index is 549. The van der Waals surface area contributed by atoms with Gasteiger partial charge < -0.3 is 0 Å². The molecule has 0 saturated heterocycles. The summed E-state index contributed by atoms with van der Waals surface area (Å²) in [6.45, 7) is 0. The van der Waals surface area contributed by atoms with Crippen molar-refractivity contribution in [2.75, 3.05) is 0 Å². The quantitative estimate of drug-likeness (QED) is 0.545. The summed E-state index contributed by atoms with van der Waals surface area (Å²) in [5.41, 5.74) is 1.23. The Kier molecular flexibility index (Phi) is 4.44. The molecule has 0 fully saturated rings. The molecule has 0 aliphatic heterocycles. The zero-order chi connectivity index (χ0) is 13.1. The molecule has 0 radical (unpaired) electrons. The molecule has 0 bridgehead atoms. The summed E-state index contributed by atoms with van der Waals surface area (Å²) in [6.07, 6.45) is 0. The summed E-state index contributed by atoms with van der Waals surface area (Å²) >= 11 is 15.5. The maximum Gasteiger partial charge on any atom is 0.180 e. The van der Waals surface area contributed by atoms with Crippen molar-refractivity contribution >= 4 is 44.9 Å². The minimum atomic E-state index is -0.541. The monoisotopic (exact) mass is 342 g/mol. The van der Waals surface area contributed by atoms with Crippen LogP contribution in [0.4, 0.5) is 0 Å². The molecular formula is C14H9BrCl2O. The first-order valence-electron chi connectivity index (χ1n) is 5.28. The smallest absolute Gasteiger partial charge is 0.180 e. The first kappa shape index (κ1) is 13.6. The molecule has 1 nitrogen and oxygen atoms in total. The van der Waals surface area contributed by atoms with E-state index >= 15 is 0 Å². The van der Waals surface area contributed by atoms with Gasteiger partial charge in [0.25, 0.3) is 0 Å².